The monoisotopic (exact) mass is 643 g/mol. The molecular formula is C31H35F2N5O6S. The summed E-state index contributed by atoms with van der Waals surface area (Å²) in [5.74, 6) is -2.33. The third kappa shape index (κ3) is 6.26. The van der Waals surface area contributed by atoms with Gasteiger partial charge in [0.2, 0.25) is 21.7 Å². The van der Waals surface area contributed by atoms with Crippen molar-refractivity contribution in [2.24, 2.45) is 5.41 Å². The Hall–Kier alpha value is -4.01. The molecule has 45 heavy (non-hydrogen) atoms. The first-order valence-corrected chi connectivity index (χ1v) is 15.9. The van der Waals surface area contributed by atoms with E-state index in [2.05, 4.69) is 15.2 Å². The average molecular weight is 644 g/mol. The summed E-state index contributed by atoms with van der Waals surface area (Å²) in [6.45, 7) is 7.70. The summed E-state index contributed by atoms with van der Waals surface area (Å²) in [7, 11) is -4.06. The number of benzene rings is 1. The smallest absolute Gasteiger partial charge is 0.310 e. The Balaban J connectivity index is 1.61. The standard InChI is InChI=1S/C31H35F2N5O6S/c1-19-8-9-21(25(31(3,4)30(39)40)23-10-13-38-27(20(23)2)35-36-28(38)26(32)33)17-22(19)18-37-12-6-14-43-15-16-44-29-24(45(37,41)42)7-5-11-34-29/h5,7-11,13,17,25-26H,6,12,14-16,18H2,1-4H3,(H,39,40)/t25-/m1/s1. The third-order valence-electron chi connectivity index (χ3n) is 8.24. The van der Waals surface area contributed by atoms with Gasteiger partial charge in [0.1, 0.15) is 11.5 Å². The molecule has 0 spiro atoms. The van der Waals surface area contributed by atoms with Crippen LogP contribution < -0.4 is 4.74 Å². The van der Waals surface area contributed by atoms with E-state index in [-0.39, 0.29) is 36.1 Å². The lowest BCUT2D eigenvalue weighted by Gasteiger charge is -2.33. The highest BCUT2D eigenvalue weighted by Gasteiger charge is 2.40. The minimum Gasteiger partial charge on any atom is -0.481 e. The maximum atomic E-state index is 14.0. The van der Waals surface area contributed by atoms with E-state index in [1.807, 2.05) is 25.1 Å². The number of halogens is 2. The van der Waals surface area contributed by atoms with Crippen LogP contribution in [0.4, 0.5) is 8.78 Å². The van der Waals surface area contributed by atoms with Gasteiger partial charge in [0.05, 0.1) is 12.0 Å². The first kappa shape index (κ1) is 32.4. The molecular weight excluding hydrogens is 608 g/mol. The summed E-state index contributed by atoms with van der Waals surface area (Å²) in [6, 6.07) is 10.1. The molecule has 0 bridgehead atoms. The van der Waals surface area contributed by atoms with Crippen molar-refractivity contribution in [1.29, 1.82) is 0 Å². The van der Waals surface area contributed by atoms with Crippen LogP contribution in [0.5, 0.6) is 5.88 Å². The van der Waals surface area contributed by atoms with Gasteiger partial charge in [-0.15, -0.1) is 10.2 Å². The lowest BCUT2D eigenvalue weighted by molar-refractivity contribution is -0.147. The van der Waals surface area contributed by atoms with Crippen LogP contribution in [0.2, 0.25) is 0 Å². The molecule has 1 aliphatic rings. The van der Waals surface area contributed by atoms with Gasteiger partial charge in [-0.25, -0.2) is 22.2 Å². The van der Waals surface area contributed by atoms with Gasteiger partial charge in [-0.05, 0) is 80.1 Å². The van der Waals surface area contributed by atoms with Gasteiger partial charge in [0.25, 0.3) is 6.43 Å². The molecule has 0 saturated carbocycles. The molecule has 0 unspecified atom stereocenters. The normalized spacial score (nSPS) is 17.0. The molecule has 0 fully saturated rings. The van der Waals surface area contributed by atoms with E-state index in [9.17, 15) is 27.1 Å². The lowest BCUT2D eigenvalue weighted by Crippen LogP contribution is -2.34. The molecule has 0 radical (unpaired) electrons. The van der Waals surface area contributed by atoms with Crippen LogP contribution in [0.15, 0.2) is 53.7 Å². The quantitative estimate of drug-likeness (QED) is 0.298. The minimum atomic E-state index is -4.06. The number of carboxylic acids is 1. The summed E-state index contributed by atoms with van der Waals surface area (Å²) >= 11 is 0. The first-order valence-electron chi connectivity index (χ1n) is 14.4. The fourth-order valence-electron chi connectivity index (χ4n) is 5.66. The van der Waals surface area contributed by atoms with Gasteiger partial charge in [-0.1, -0.05) is 18.2 Å². The van der Waals surface area contributed by atoms with Crippen molar-refractivity contribution in [1.82, 2.24) is 23.9 Å². The summed E-state index contributed by atoms with van der Waals surface area (Å²) in [5.41, 5.74) is 2.03. The summed E-state index contributed by atoms with van der Waals surface area (Å²) in [6.07, 6.45) is 0.495. The molecule has 1 N–H and O–H groups in total. The van der Waals surface area contributed by atoms with E-state index >= 15 is 0 Å². The van der Waals surface area contributed by atoms with E-state index < -0.39 is 39.6 Å². The number of hydrogen-bond acceptors (Lipinski definition) is 8. The number of hydrogen-bond donors (Lipinski definition) is 1. The van der Waals surface area contributed by atoms with Gasteiger partial charge in [-0.3, -0.25) is 9.20 Å². The summed E-state index contributed by atoms with van der Waals surface area (Å²) in [5, 5.41) is 18.0. The van der Waals surface area contributed by atoms with Crippen LogP contribution in [0, 0.1) is 19.3 Å². The van der Waals surface area contributed by atoms with Crippen LogP contribution in [0.1, 0.15) is 66.3 Å². The Morgan fingerprint density at radius 3 is 2.62 bits per heavy atom. The number of nitrogens with zero attached hydrogens (tertiary/aromatic N) is 5. The second kappa shape index (κ2) is 12.8. The molecule has 1 atom stereocenters. The third-order valence-corrected chi connectivity index (χ3v) is 10.1. The predicted octanol–water partition coefficient (Wildman–Crippen LogP) is 4.91. The Morgan fingerprint density at radius 1 is 1.11 bits per heavy atom. The van der Waals surface area contributed by atoms with Gasteiger partial charge in [0.15, 0.2) is 5.65 Å². The number of pyridine rings is 2. The first-order chi connectivity index (χ1) is 21.3. The van der Waals surface area contributed by atoms with Crippen molar-refractivity contribution in [3.63, 3.8) is 0 Å². The maximum Gasteiger partial charge on any atom is 0.310 e. The highest BCUT2D eigenvalue weighted by Crippen LogP contribution is 2.44. The van der Waals surface area contributed by atoms with Crippen molar-refractivity contribution in [3.8, 4) is 5.88 Å². The van der Waals surface area contributed by atoms with Crippen molar-refractivity contribution >= 4 is 21.6 Å². The van der Waals surface area contributed by atoms with Gasteiger partial charge in [-0.2, -0.15) is 4.31 Å². The molecule has 4 heterocycles. The number of ether oxygens (including phenoxy) is 2. The molecule has 0 aliphatic carbocycles. The topological polar surface area (TPSA) is 136 Å². The second-order valence-electron chi connectivity index (χ2n) is 11.6. The van der Waals surface area contributed by atoms with Crippen molar-refractivity contribution in [3.05, 3.63) is 82.4 Å². The molecule has 4 aromatic rings. The number of sulfonamides is 1. The molecule has 11 nitrogen and oxygen atoms in total. The number of alkyl halides is 2. The van der Waals surface area contributed by atoms with Crippen LogP contribution in [-0.4, -0.2) is 69.7 Å². The van der Waals surface area contributed by atoms with E-state index in [0.29, 0.717) is 41.9 Å². The van der Waals surface area contributed by atoms with Crippen LogP contribution in [0.25, 0.3) is 5.65 Å². The zero-order valence-corrected chi connectivity index (χ0v) is 26.2. The van der Waals surface area contributed by atoms with Gasteiger partial charge >= 0.3 is 5.97 Å². The van der Waals surface area contributed by atoms with Crippen molar-refractivity contribution in [2.75, 3.05) is 26.4 Å². The number of aromatic nitrogens is 4. The van der Waals surface area contributed by atoms with E-state index in [1.165, 1.54) is 33.2 Å². The molecule has 1 aliphatic heterocycles. The molecule has 3 aromatic heterocycles. The fraction of sp³-hybridized carbons (Fsp3) is 0.419. The molecule has 5 rings (SSSR count). The van der Waals surface area contributed by atoms with Crippen LogP contribution in [0.3, 0.4) is 0 Å². The second-order valence-corrected chi connectivity index (χ2v) is 13.5. The van der Waals surface area contributed by atoms with Gasteiger partial charge in [0, 0.05) is 38.0 Å². The average Bonchev–Trinajstić information content (AvgIpc) is 3.43. The Bertz CT molecular complexity index is 1830. The maximum absolute atomic E-state index is 14.0. The SMILES string of the molecule is Cc1ccc([C@H](c2ccn3c(C(F)F)nnc3c2C)C(C)(C)C(=O)O)cc1CN1CCCOCCOc2ncccc2S1(=O)=O. The molecule has 240 valence electrons. The lowest BCUT2D eigenvalue weighted by atomic mass is 9.70. The Morgan fingerprint density at radius 2 is 1.89 bits per heavy atom. The van der Waals surface area contributed by atoms with E-state index in [4.69, 9.17) is 9.47 Å². The Kier molecular flexibility index (Phi) is 9.19. The Labute approximate surface area is 259 Å². The highest BCUT2D eigenvalue weighted by atomic mass is 32.2. The number of carbonyl (C=O) groups is 1. The van der Waals surface area contributed by atoms with Crippen LogP contribution in [-0.2, 0) is 26.1 Å². The van der Waals surface area contributed by atoms with Crippen molar-refractivity contribution in [2.45, 2.75) is 57.9 Å². The number of fused-ring (bicyclic) bond motifs is 2. The van der Waals surface area contributed by atoms with Crippen molar-refractivity contribution < 1.29 is 36.6 Å². The number of carboxylic acid groups (broad SMARTS) is 1. The summed E-state index contributed by atoms with van der Waals surface area (Å²) in [4.78, 5) is 16.7. The largest absolute Gasteiger partial charge is 0.481 e. The predicted molar refractivity (Wildman–Crippen MR) is 160 cm³/mol. The van der Waals surface area contributed by atoms with Crippen LogP contribution >= 0.6 is 0 Å². The minimum absolute atomic E-state index is 0.00347. The molecule has 1 aromatic carbocycles. The fourth-order valence-corrected chi connectivity index (χ4v) is 7.20. The zero-order valence-electron chi connectivity index (χ0n) is 25.4. The molecule has 0 saturated heterocycles. The van der Waals surface area contributed by atoms with E-state index in [0.717, 1.165) is 5.56 Å². The van der Waals surface area contributed by atoms with E-state index in [1.54, 1.807) is 26.8 Å². The van der Waals surface area contributed by atoms with Gasteiger partial charge < -0.3 is 14.6 Å². The highest BCUT2D eigenvalue weighted by molar-refractivity contribution is 7.89. The molecule has 0 amide bonds. The number of aliphatic carboxylic acids is 1. The summed E-state index contributed by atoms with van der Waals surface area (Å²) < 4.78 is 68.9. The number of rotatable bonds is 7. The number of aryl methyl sites for hydroxylation is 2. The zero-order chi connectivity index (χ0) is 32.5. The molecule has 14 heteroatoms.